The lowest BCUT2D eigenvalue weighted by Gasteiger charge is -2.08. The van der Waals surface area contributed by atoms with Gasteiger partial charge in [0.1, 0.15) is 0 Å². The molecule has 2 aromatic heterocycles. The standard InChI is InChI=1S/C20H22N4O3/c1-12-5-7-15(8-6-12)10-21-17(25)11-27-20(26)16-9-13(2)22-19-18(16)14(3)23-24(19)4/h5-9H,10-11H2,1-4H3,(H,21,25). The van der Waals surface area contributed by atoms with Crippen molar-refractivity contribution in [1.29, 1.82) is 0 Å². The molecule has 1 amide bonds. The van der Waals surface area contributed by atoms with Gasteiger partial charge in [0.25, 0.3) is 5.91 Å². The van der Waals surface area contributed by atoms with Gasteiger partial charge in [-0.2, -0.15) is 5.10 Å². The first-order valence-electron chi connectivity index (χ1n) is 8.65. The number of aryl methyl sites for hydroxylation is 4. The lowest BCUT2D eigenvalue weighted by atomic mass is 10.1. The summed E-state index contributed by atoms with van der Waals surface area (Å²) in [5, 5.41) is 7.70. The molecule has 2 heterocycles. The number of amides is 1. The fraction of sp³-hybridized carbons (Fsp3) is 0.300. The number of carbonyl (C=O) groups is 2. The Morgan fingerprint density at radius 1 is 1.15 bits per heavy atom. The maximum absolute atomic E-state index is 12.5. The van der Waals surface area contributed by atoms with Crippen molar-refractivity contribution in [3.05, 3.63) is 58.4 Å². The fourth-order valence-corrected chi connectivity index (χ4v) is 2.90. The van der Waals surface area contributed by atoms with E-state index in [1.807, 2.05) is 38.1 Å². The zero-order chi connectivity index (χ0) is 19.6. The van der Waals surface area contributed by atoms with Crippen LogP contribution in [-0.2, 0) is 23.1 Å². The van der Waals surface area contributed by atoms with Crippen LogP contribution in [0.2, 0.25) is 0 Å². The molecule has 3 rings (SSSR count). The van der Waals surface area contributed by atoms with E-state index >= 15 is 0 Å². The molecule has 1 aromatic carbocycles. The summed E-state index contributed by atoms with van der Waals surface area (Å²) >= 11 is 0. The molecule has 0 aliphatic heterocycles. The summed E-state index contributed by atoms with van der Waals surface area (Å²) < 4.78 is 6.84. The topological polar surface area (TPSA) is 86.1 Å². The van der Waals surface area contributed by atoms with E-state index in [4.69, 9.17) is 4.74 Å². The smallest absolute Gasteiger partial charge is 0.339 e. The zero-order valence-corrected chi connectivity index (χ0v) is 15.9. The van der Waals surface area contributed by atoms with E-state index in [2.05, 4.69) is 15.4 Å². The van der Waals surface area contributed by atoms with Crippen LogP contribution in [0.1, 0.15) is 32.9 Å². The van der Waals surface area contributed by atoms with Crippen molar-refractivity contribution in [1.82, 2.24) is 20.1 Å². The van der Waals surface area contributed by atoms with Crippen molar-refractivity contribution in [3.63, 3.8) is 0 Å². The number of hydrogen-bond donors (Lipinski definition) is 1. The fourth-order valence-electron chi connectivity index (χ4n) is 2.90. The molecule has 0 fully saturated rings. The second-order valence-corrected chi connectivity index (χ2v) is 6.56. The van der Waals surface area contributed by atoms with Gasteiger partial charge in [-0.25, -0.2) is 9.78 Å². The molecule has 0 aliphatic rings. The van der Waals surface area contributed by atoms with Gasteiger partial charge >= 0.3 is 5.97 Å². The molecular weight excluding hydrogens is 344 g/mol. The minimum Gasteiger partial charge on any atom is -0.452 e. The predicted molar refractivity (Wildman–Crippen MR) is 101 cm³/mol. The molecule has 0 bridgehead atoms. The highest BCUT2D eigenvalue weighted by molar-refractivity contribution is 6.04. The van der Waals surface area contributed by atoms with Gasteiger partial charge in [-0.1, -0.05) is 29.8 Å². The molecule has 0 unspecified atom stereocenters. The van der Waals surface area contributed by atoms with Gasteiger partial charge in [0.2, 0.25) is 0 Å². The van der Waals surface area contributed by atoms with Gasteiger partial charge in [-0.15, -0.1) is 0 Å². The molecule has 0 saturated heterocycles. The van der Waals surface area contributed by atoms with Crippen LogP contribution >= 0.6 is 0 Å². The quantitative estimate of drug-likeness (QED) is 0.701. The first-order chi connectivity index (χ1) is 12.8. The molecule has 1 N–H and O–H groups in total. The molecule has 7 heteroatoms. The van der Waals surface area contributed by atoms with Gasteiger partial charge in [0.05, 0.1) is 16.6 Å². The Balaban J connectivity index is 1.65. The Kier molecular flexibility index (Phi) is 5.21. The van der Waals surface area contributed by atoms with Crippen molar-refractivity contribution in [2.45, 2.75) is 27.3 Å². The highest BCUT2D eigenvalue weighted by atomic mass is 16.5. The average molecular weight is 366 g/mol. The lowest BCUT2D eigenvalue weighted by molar-refractivity contribution is -0.124. The number of esters is 1. The van der Waals surface area contributed by atoms with Gasteiger partial charge in [-0.3, -0.25) is 9.48 Å². The monoisotopic (exact) mass is 366 g/mol. The summed E-state index contributed by atoms with van der Waals surface area (Å²) in [6.45, 7) is 5.66. The molecule has 7 nitrogen and oxygen atoms in total. The van der Waals surface area contributed by atoms with Crippen LogP contribution in [0.5, 0.6) is 0 Å². The number of pyridine rings is 1. The third kappa shape index (κ3) is 4.13. The van der Waals surface area contributed by atoms with Crippen LogP contribution in [0.25, 0.3) is 11.0 Å². The van der Waals surface area contributed by atoms with E-state index in [9.17, 15) is 9.59 Å². The predicted octanol–water partition coefficient (Wildman–Crippen LogP) is 2.37. The van der Waals surface area contributed by atoms with Gasteiger partial charge < -0.3 is 10.1 Å². The number of fused-ring (bicyclic) bond motifs is 1. The van der Waals surface area contributed by atoms with E-state index in [0.29, 0.717) is 34.5 Å². The summed E-state index contributed by atoms with van der Waals surface area (Å²) in [7, 11) is 1.77. The Bertz CT molecular complexity index is 1010. The van der Waals surface area contributed by atoms with Crippen LogP contribution in [0.3, 0.4) is 0 Å². The summed E-state index contributed by atoms with van der Waals surface area (Å²) in [5.74, 6) is -0.916. The number of carbonyl (C=O) groups excluding carboxylic acids is 2. The zero-order valence-electron chi connectivity index (χ0n) is 15.9. The molecule has 140 valence electrons. The van der Waals surface area contributed by atoms with Crippen molar-refractivity contribution < 1.29 is 14.3 Å². The van der Waals surface area contributed by atoms with Crippen LogP contribution in [-0.4, -0.2) is 33.2 Å². The summed E-state index contributed by atoms with van der Waals surface area (Å²) in [4.78, 5) is 28.9. The van der Waals surface area contributed by atoms with Crippen molar-refractivity contribution >= 4 is 22.9 Å². The van der Waals surface area contributed by atoms with Crippen molar-refractivity contribution in [2.75, 3.05) is 6.61 Å². The number of aromatic nitrogens is 3. The molecule has 0 atom stereocenters. The third-order valence-corrected chi connectivity index (χ3v) is 4.26. The Hall–Kier alpha value is -3.22. The molecule has 0 spiro atoms. The number of nitrogens with one attached hydrogen (secondary N) is 1. The molecule has 0 saturated carbocycles. The number of benzene rings is 1. The van der Waals surface area contributed by atoms with Crippen LogP contribution in [0.15, 0.2) is 30.3 Å². The second-order valence-electron chi connectivity index (χ2n) is 6.56. The highest BCUT2D eigenvalue weighted by Crippen LogP contribution is 2.22. The minimum absolute atomic E-state index is 0.340. The SMILES string of the molecule is Cc1ccc(CNC(=O)COC(=O)c2cc(C)nc3c2c(C)nn3C)cc1. The third-order valence-electron chi connectivity index (χ3n) is 4.26. The molecule has 3 aromatic rings. The number of rotatable bonds is 5. The first kappa shape index (κ1) is 18.6. The molecular formula is C20H22N4O3. The van der Waals surface area contributed by atoms with Crippen molar-refractivity contribution in [3.8, 4) is 0 Å². The Morgan fingerprint density at radius 3 is 2.56 bits per heavy atom. The van der Waals surface area contributed by atoms with Gasteiger partial charge in [0, 0.05) is 19.3 Å². The molecule has 0 aliphatic carbocycles. The number of ether oxygens (including phenoxy) is 1. The highest BCUT2D eigenvalue weighted by Gasteiger charge is 2.19. The first-order valence-corrected chi connectivity index (χ1v) is 8.65. The van der Waals surface area contributed by atoms with Crippen molar-refractivity contribution in [2.24, 2.45) is 7.05 Å². The Morgan fingerprint density at radius 2 is 1.85 bits per heavy atom. The van der Waals surface area contributed by atoms with E-state index in [1.165, 1.54) is 0 Å². The summed E-state index contributed by atoms with van der Waals surface area (Å²) in [5.41, 5.74) is 4.50. The van der Waals surface area contributed by atoms with E-state index < -0.39 is 5.97 Å². The Labute approximate surface area is 157 Å². The number of hydrogen-bond acceptors (Lipinski definition) is 5. The van der Waals surface area contributed by atoms with E-state index in [-0.39, 0.29) is 12.5 Å². The maximum atomic E-state index is 12.5. The summed E-state index contributed by atoms with van der Waals surface area (Å²) in [6, 6.07) is 9.51. The second kappa shape index (κ2) is 7.57. The van der Waals surface area contributed by atoms with Crippen LogP contribution in [0.4, 0.5) is 0 Å². The maximum Gasteiger partial charge on any atom is 0.339 e. The van der Waals surface area contributed by atoms with E-state index in [0.717, 1.165) is 11.1 Å². The van der Waals surface area contributed by atoms with Gasteiger partial charge in [-0.05, 0) is 32.4 Å². The summed E-state index contributed by atoms with van der Waals surface area (Å²) in [6.07, 6.45) is 0. The molecule has 0 radical (unpaired) electrons. The van der Waals surface area contributed by atoms with Crippen LogP contribution < -0.4 is 5.32 Å². The minimum atomic E-state index is -0.563. The normalized spacial score (nSPS) is 10.8. The number of nitrogens with zero attached hydrogens (tertiary/aromatic N) is 3. The largest absolute Gasteiger partial charge is 0.452 e. The lowest BCUT2D eigenvalue weighted by Crippen LogP contribution is -2.28. The van der Waals surface area contributed by atoms with Crippen LogP contribution in [0, 0.1) is 20.8 Å². The average Bonchev–Trinajstić information content (AvgIpc) is 2.92. The van der Waals surface area contributed by atoms with Gasteiger partial charge in [0.15, 0.2) is 12.3 Å². The van der Waals surface area contributed by atoms with E-state index in [1.54, 1.807) is 24.7 Å². The molecule has 27 heavy (non-hydrogen) atoms.